The van der Waals surface area contributed by atoms with Crippen LogP contribution in [0.15, 0.2) is 18.2 Å². The molecule has 0 aromatic heterocycles. The van der Waals surface area contributed by atoms with Crippen LogP contribution in [0.2, 0.25) is 0 Å². The van der Waals surface area contributed by atoms with Crippen molar-refractivity contribution in [2.45, 2.75) is 25.0 Å². The van der Waals surface area contributed by atoms with Crippen LogP contribution in [0.1, 0.15) is 24.4 Å². The van der Waals surface area contributed by atoms with Crippen LogP contribution in [-0.2, 0) is 4.74 Å². The van der Waals surface area contributed by atoms with Gasteiger partial charge in [0.15, 0.2) is 0 Å². The molecule has 1 aliphatic carbocycles. The number of methoxy groups -OCH3 is 3. The highest BCUT2D eigenvalue weighted by molar-refractivity contribution is 5.47. The van der Waals surface area contributed by atoms with E-state index in [-0.39, 0.29) is 12.1 Å². The molecule has 2 atom stereocenters. The average Bonchev–Trinajstić information content (AvgIpc) is 3.28. The normalized spacial score (nSPS) is 17.9. The fourth-order valence-corrected chi connectivity index (χ4v) is 2.55. The summed E-state index contributed by atoms with van der Waals surface area (Å²) in [5, 5.41) is 0. The van der Waals surface area contributed by atoms with Gasteiger partial charge in [-0.2, -0.15) is 0 Å². The second-order valence-electron chi connectivity index (χ2n) is 4.76. The van der Waals surface area contributed by atoms with Gasteiger partial charge in [0, 0.05) is 7.11 Å². The summed E-state index contributed by atoms with van der Waals surface area (Å²) in [6.07, 6.45) is 2.37. The van der Waals surface area contributed by atoms with Gasteiger partial charge in [0.25, 0.3) is 0 Å². The van der Waals surface area contributed by atoms with Gasteiger partial charge in [-0.15, -0.1) is 0 Å². The van der Waals surface area contributed by atoms with E-state index in [2.05, 4.69) is 5.43 Å². The molecule has 1 aromatic carbocycles. The van der Waals surface area contributed by atoms with E-state index < -0.39 is 0 Å². The Bertz CT molecular complexity index is 399. The Labute approximate surface area is 114 Å². The molecule has 0 saturated heterocycles. The monoisotopic (exact) mass is 266 g/mol. The summed E-state index contributed by atoms with van der Waals surface area (Å²) in [4.78, 5) is 0. The van der Waals surface area contributed by atoms with Gasteiger partial charge in [-0.05, 0) is 30.9 Å². The van der Waals surface area contributed by atoms with Crippen molar-refractivity contribution in [3.05, 3.63) is 23.8 Å². The number of benzene rings is 1. The van der Waals surface area contributed by atoms with Crippen molar-refractivity contribution < 1.29 is 14.2 Å². The minimum Gasteiger partial charge on any atom is -0.496 e. The Kier molecular flexibility index (Phi) is 4.63. The molecular weight excluding hydrogens is 244 g/mol. The van der Waals surface area contributed by atoms with Crippen LogP contribution in [0.3, 0.4) is 0 Å². The molecule has 0 radical (unpaired) electrons. The minimum atomic E-state index is -0.149. The van der Waals surface area contributed by atoms with Gasteiger partial charge in [0.2, 0.25) is 0 Å². The van der Waals surface area contributed by atoms with Crippen LogP contribution in [-0.4, -0.2) is 27.4 Å². The third-order valence-corrected chi connectivity index (χ3v) is 3.64. The lowest BCUT2D eigenvalue weighted by Crippen LogP contribution is -2.39. The molecule has 1 aromatic rings. The number of nitrogens with two attached hydrogens (primary N) is 1. The van der Waals surface area contributed by atoms with Crippen molar-refractivity contribution in [2.75, 3.05) is 21.3 Å². The first-order valence-corrected chi connectivity index (χ1v) is 6.46. The molecule has 106 valence electrons. The van der Waals surface area contributed by atoms with E-state index in [0.717, 1.165) is 17.1 Å². The Morgan fingerprint density at radius 1 is 1.16 bits per heavy atom. The first-order chi connectivity index (χ1) is 9.26. The average molecular weight is 266 g/mol. The lowest BCUT2D eigenvalue weighted by molar-refractivity contribution is 0.0491. The van der Waals surface area contributed by atoms with Crippen LogP contribution in [0, 0.1) is 5.92 Å². The fraction of sp³-hybridized carbons (Fsp3) is 0.571. The van der Waals surface area contributed by atoms with Gasteiger partial charge >= 0.3 is 0 Å². The fourth-order valence-electron chi connectivity index (χ4n) is 2.55. The van der Waals surface area contributed by atoms with E-state index in [4.69, 9.17) is 20.1 Å². The minimum absolute atomic E-state index is 0.0233. The van der Waals surface area contributed by atoms with Gasteiger partial charge < -0.3 is 14.2 Å². The molecule has 5 nitrogen and oxygen atoms in total. The summed E-state index contributed by atoms with van der Waals surface area (Å²) in [6, 6.07) is 5.56. The van der Waals surface area contributed by atoms with Crippen LogP contribution < -0.4 is 20.7 Å². The van der Waals surface area contributed by atoms with E-state index in [1.807, 2.05) is 18.2 Å². The summed E-state index contributed by atoms with van der Waals surface area (Å²) < 4.78 is 16.5. The standard InChI is InChI=1S/C14H22N2O3/c1-17-10-5-4-6-11(18-2)12(10)13(16-15)14(19-3)9-7-8-9/h4-6,9,13-14,16H,7-8,15H2,1-3H3. The number of hydrogen-bond acceptors (Lipinski definition) is 5. The maximum atomic E-state index is 5.75. The third-order valence-electron chi connectivity index (χ3n) is 3.64. The molecule has 0 bridgehead atoms. The van der Waals surface area contributed by atoms with Crippen molar-refractivity contribution in [1.29, 1.82) is 0 Å². The zero-order valence-electron chi connectivity index (χ0n) is 11.7. The smallest absolute Gasteiger partial charge is 0.127 e. The topological polar surface area (TPSA) is 65.7 Å². The van der Waals surface area contributed by atoms with Gasteiger partial charge in [-0.25, -0.2) is 0 Å². The Hall–Kier alpha value is -1.30. The molecule has 1 aliphatic rings. The number of ether oxygens (including phenoxy) is 3. The summed E-state index contributed by atoms with van der Waals surface area (Å²) >= 11 is 0. The van der Waals surface area contributed by atoms with Gasteiger partial charge in [0.1, 0.15) is 11.5 Å². The van der Waals surface area contributed by atoms with Crippen LogP contribution >= 0.6 is 0 Å². The third kappa shape index (κ3) is 2.83. The van der Waals surface area contributed by atoms with Crippen molar-refractivity contribution in [3.63, 3.8) is 0 Å². The number of hydrogen-bond donors (Lipinski definition) is 2. The first-order valence-electron chi connectivity index (χ1n) is 6.46. The molecule has 0 spiro atoms. The number of rotatable bonds is 7. The van der Waals surface area contributed by atoms with E-state index in [0.29, 0.717) is 5.92 Å². The Morgan fingerprint density at radius 3 is 2.11 bits per heavy atom. The molecule has 5 heteroatoms. The van der Waals surface area contributed by atoms with Crippen LogP contribution in [0.4, 0.5) is 0 Å². The SMILES string of the molecule is COc1cccc(OC)c1C(NN)C(OC)C1CC1. The molecule has 19 heavy (non-hydrogen) atoms. The van der Waals surface area contributed by atoms with E-state index in [9.17, 15) is 0 Å². The number of hydrazine groups is 1. The zero-order valence-corrected chi connectivity index (χ0v) is 11.7. The second kappa shape index (κ2) is 6.23. The molecule has 3 N–H and O–H groups in total. The van der Waals surface area contributed by atoms with Crippen LogP contribution in [0.25, 0.3) is 0 Å². The lowest BCUT2D eigenvalue weighted by Gasteiger charge is -2.28. The van der Waals surface area contributed by atoms with Crippen LogP contribution in [0.5, 0.6) is 11.5 Å². The second-order valence-corrected chi connectivity index (χ2v) is 4.76. The quantitative estimate of drug-likeness (QED) is 0.580. The zero-order chi connectivity index (χ0) is 13.8. The molecule has 2 rings (SSSR count). The van der Waals surface area contributed by atoms with E-state index in [1.165, 1.54) is 12.8 Å². The van der Waals surface area contributed by atoms with Gasteiger partial charge in [-0.1, -0.05) is 6.07 Å². The van der Waals surface area contributed by atoms with Gasteiger partial charge in [-0.3, -0.25) is 11.3 Å². The largest absolute Gasteiger partial charge is 0.496 e. The summed E-state index contributed by atoms with van der Waals surface area (Å²) in [6.45, 7) is 0. The lowest BCUT2D eigenvalue weighted by atomic mass is 9.96. The van der Waals surface area contributed by atoms with Crippen molar-refractivity contribution in [3.8, 4) is 11.5 Å². The molecule has 0 amide bonds. The molecule has 1 saturated carbocycles. The number of nitrogens with one attached hydrogen (secondary N) is 1. The molecular formula is C14H22N2O3. The highest BCUT2D eigenvalue weighted by Gasteiger charge is 2.39. The summed E-state index contributed by atoms with van der Waals surface area (Å²) in [5.74, 6) is 7.80. The molecule has 0 heterocycles. The molecule has 2 unspecified atom stereocenters. The van der Waals surface area contributed by atoms with Crippen molar-refractivity contribution >= 4 is 0 Å². The summed E-state index contributed by atoms with van der Waals surface area (Å²) in [5.41, 5.74) is 3.77. The molecule has 1 fully saturated rings. The first kappa shape index (κ1) is 14.1. The van der Waals surface area contributed by atoms with Gasteiger partial charge in [0.05, 0.1) is 31.9 Å². The predicted molar refractivity (Wildman–Crippen MR) is 73.1 cm³/mol. The Morgan fingerprint density at radius 2 is 1.74 bits per heavy atom. The Balaban J connectivity index is 2.40. The van der Waals surface area contributed by atoms with Crippen molar-refractivity contribution in [2.24, 2.45) is 11.8 Å². The molecule has 0 aliphatic heterocycles. The summed E-state index contributed by atoms with van der Waals surface area (Å²) in [7, 11) is 5.00. The highest BCUT2D eigenvalue weighted by atomic mass is 16.5. The van der Waals surface area contributed by atoms with Crippen molar-refractivity contribution in [1.82, 2.24) is 5.43 Å². The van der Waals surface area contributed by atoms with E-state index in [1.54, 1.807) is 21.3 Å². The highest BCUT2D eigenvalue weighted by Crippen LogP contribution is 2.43. The predicted octanol–water partition coefficient (Wildman–Crippen LogP) is 1.63. The van der Waals surface area contributed by atoms with E-state index >= 15 is 0 Å². The maximum absolute atomic E-state index is 5.75. The maximum Gasteiger partial charge on any atom is 0.127 e.